The summed E-state index contributed by atoms with van der Waals surface area (Å²) in [7, 11) is 0. The minimum absolute atomic E-state index is 0.111. The average Bonchev–Trinajstić information content (AvgIpc) is 2.53. The molecule has 0 saturated heterocycles. The van der Waals surface area contributed by atoms with Crippen molar-refractivity contribution in [3.63, 3.8) is 0 Å². The molecule has 1 unspecified atom stereocenters. The van der Waals surface area contributed by atoms with E-state index in [9.17, 15) is 9.35 Å². The van der Waals surface area contributed by atoms with Crippen LogP contribution in [0.25, 0.3) is 0 Å². The molecule has 2 nitrogen and oxygen atoms in total. The molecule has 0 radical (unpaired) electrons. The molecule has 1 heterocycles. The molecular weight excluding hydrogens is 204 g/mol. The quantitative estimate of drug-likeness (QED) is 0.706. The molecule has 13 heavy (non-hydrogen) atoms. The van der Waals surface area contributed by atoms with Gasteiger partial charge in [0.05, 0.1) is 11.3 Å². The number of ketones is 1. The van der Waals surface area contributed by atoms with Crippen molar-refractivity contribution >= 4 is 28.3 Å². The maximum atomic E-state index is 11.4. The van der Waals surface area contributed by atoms with Crippen molar-refractivity contribution in [1.29, 1.82) is 0 Å². The lowest BCUT2D eigenvalue weighted by Crippen LogP contribution is -2.11. The summed E-state index contributed by atoms with van der Waals surface area (Å²) in [6.07, 6.45) is 0.429. The van der Waals surface area contributed by atoms with Crippen LogP contribution in [0.5, 0.6) is 0 Å². The van der Waals surface area contributed by atoms with Crippen molar-refractivity contribution in [1.82, 2.24) is 0 Å². The van der Waals surface area contributed by atoms with Crippen LogP contribution in [0.4, 0.5) is 0 Å². The van der Waals surface area contributed by atoms with Crippen molar-refractivity contribution in [2.24, 2.45) is 0 Å². The van der Waals surface area contributed by atoms with E-state index in [1.807, 2.05) is 17.5 Å². The summed E-state index contributed by atoms with van der Waals surface area (Å²) >= 11 is 0.727. The van der Waals surface area contributed by atoms with Gasteiger partial charge in [0.15, 0.2) is 0 Å². The molecule has 0 aliphatic heterocycles. The summed E-state index contributed by atoms with van der Waals surface area (Å²) in [4.78, 5) is 11.7. The Bertz CT molecular complexity index is 257. The Balaban J connectivity index is 2.25. The van der Waals surface area contributed by atoms with Crippen LogP contribution in [0.15, 0.2) is 17.5 Å². The lowest BCUT2D eigenvalue weighted by atomic mass is 10.4. The SMILES string of the molecule is CC(=O)CC[S+]([O-])Cc1cccs1. The molecule has 1 aromatic rings. The van der Waals surface area contributed by atoms with Crippen molar-refractivity contribution in [3.05, 3.63) is 22.4 Å². The second kappa shape index (κ2) is 5.42. The molecule has 4 heteroatoms. The maximum Gasteiger partial charge on any atom is 0.139 e. The fourth-order valence-electron chi connectivity index (χ4n) is 0.883. The summed E-state index contributed by atoms with van der Waals surface area (Å²) in [5.74, 6) is 1.19. The van der Waals surface area contributed by atoms with Gasteiger partial charge in [-0.2, -0.15) is 0 Å². The Morgan fingerprint density at radius 2 is 2.46 bits per heavy atom. The predicted molar refractivity (Wildman–Crippen MR) is 56.3 cm³/mol. The van der Waals surface area contributed by atoms with Gasteiger partial charge in [-0.1, -0.05) is 6.07 Å². The number of hydrogen-bond donors (Lipinski definition) is 0. The van der Waals surface area contributed by atoms with Gasteiger partial charge in [0.2, 0.25) is 0 Å². The van der Waals surface area contributed by atoms with Crippen molar-refractivity contribution in [3.8, 4) is 0 Å². The summed E-state index contributed by atoms with van der Waals surface area (Å²) in [5.41, 5.74) is 0. The highest BCUT2D eigenvalue weighted by atomic mass is 32.2. The van der Waals surface area contributed by atoms with E-state index >= 15 is 0 Å². The second-order valence-electron chi connectivity index (χ2n) is 2.82. The fourth-order valence-corrected chi connectivity index (χ4v) is 3.11. The Labute approximate surface area is 85.2 Å². The zero-order valence-electron chi connectivity index (χ0n) is 7.49. The predicted octanol–water partition coefficient (Wildman–Crippen LogP) is 1.98. The summed E-state index contributed by atoms with van der Waals surface area (Å²) in [6, 6.07) is 3.92. The molecule has 0 aliphatic carbocycles. The zero-order valence-corrected chi connectivity index (χ0v) is 9.12. The molecule has 0 fully saturated rings. The number of carbonyl (C=O) groups is 1. The van der Waals surface area contributed by atoms with E-state index in [4.69, 9.17) is 0 Å². The highest BCUT2D eigenvalue weighted by Gasteiger charge is 2.09. The van der Waals surface area contributed by atoms with E-state index in [1.165, 1.54) is 6.92 Å². The first-order valence-electron chi connectivity index (χ1n) is 4.05. The molecule has 72 valence electrons. The van der Waals surface area contributed by atoms with Crippen LogP contribution in [0.3, 0.4) is 0 Å². The van der Waals surface area contributed by atoms with Gasteiger partial charge in [-0.15, -0.1) is 11.3 Å². The first-order valence-corrected chi connectivity index (χ1v) is 6.42. The summed E-state index contributed by atoms with van der Waals surface area (Å²) < 4.78 is 11.4. The van der Waals surface area contributed by atoms with Gasteiger partial charge in [-0.25, -0.2) is 0 Å². The van der Waals surface area contributed by atoms with E-state index < -0.39 is 11.2 Å². The highest BCUT2D eigenvalue weighted by molar-refractivity contribution is 7.90. The van der Waals surface area contributed by atoms with Crippen LogP contribution >= 0.6 is 11.3 Å². The molecule has 0 amide bonds. The van der Waals surface area contributed by atoms with Crippen LogP contribution in [-0.4, -0.2) is 16.1 Å². The minimum Gasteiger partial charge on any atom is -0.616 e. The normalized spacial score (nSPS) is 12.8. The molecule has 0 aliphatic rings. The van der Waals surface area contributed by atoms with E-state index in [-0.39, 0.29) is 5.78 Å². The van der Waals surface area contributed by atoms with Crippen molar-refractivity contribution < 1.29 is 9.35 Å². The van der Waals surface area contributed by atoms with Gasteiger partial charge in [0.1, 0.15) is 17.3 Å². The Morgan fingerprint density at radius 1 is 1.69 bits per heavy atom. The zero-order chi connectivity index (χ0) is 9.68. The van der Waals surface area contributed by atoms with Gasteiger partial charge in [0, 0.05) is 0 Å². The number of thiophene rings is 1. The molecule has 0 bridgehead atoms. The molecule has 0 aromatic carbocycles. The first kappa shape index (κ1) is 10.8. The Morgan fingerprint density at radius 3 is 3.00 bits per heavy atom. The standard InChI is InChI=1S/C9H12O2S2/c1-8(10)4-6-13(11)7-9-3-2-5-12-9/h2-3,5H,4,6-7H2,1H3. The number of rotatable bonds is 5. The lowest BCUT2D eigenvalue weighted by Gasteiger charge is -2.08. The van der Waals surface area contributed by atoms with Crippen LogP contribution < -0.4 is 0 Å². The Kier molecular flexibility index (Phi) is 4.48. The third-order valence-electron chi connectivity index (χ3n) is 1.57. The minimum atomic E-state index is -0.880. The third-order valence-corrected chi connectivity index (χ3v) is 3.92. The molecule has 1 rings (SSSR count). The summed E-state index contributed by atoms with van der Waals surface area (Å²) in [6.45, 7) is 1.53. The average molecular weight is 216 g/mol. The molecule has 1 aromatic heterocycles. The first-order chi connectivity index (χ1) is 6.18. The van der Waals surface area contributed by atoms with Crippen LogP contribution in [0.1, 0.15) is 18.2 Å². The molecule has 0 spiro atoms. The van der Waals surface area contributed by atoms with Gasteiger partial charge in [-0.05, 0) is 29.5 Å². The smallest absolute Gasteiger partial charge is 0.139 e. The second-order valence-corrected chi connectivity index (χ2v) is 5.43. The van der Waals surface area contributed by atoms with Crippen molar-refractivity contribution in [2.45, 2.75) is 19.1 Å². The molecular formula is C9H12O2S2. The van der Waals surface area contributed by atoms with E-state index in [0.717, 1.165) is 4.88 Å². The lowest BCUT2D eigenvalue weighted by molar-refractivity contribution is -0.116. The fraction of sp³-hybridized carbons (Fsp3) is 0.444. The maximum absolute atomic E-state index is 11.4. The Hall–Kier alpha value is -0.320. The van der Waals surface area contributed by atoms with Crippen LogP contribution in [-0.2, 0) is 21.7 Å². The van der Waals surface area contributed by atoms with E-state index in [1.54, 1.807) is 11.3 Å². The number of hydrogen-bond acceptors (Lipinski definition) is 3. The van der Waals surface area contributed by atoms with Crippen molar-refractivity contribution in [2.75, 3.05) is 5.75 Å². The van der Waals surface area contributed by atoms with E-state index in [0.29, 0.717) is 17.9 Å². The van der Waals surface area contributed by atoms with Gasteiger partial charge in [0.25, 0.3) is 0 Å². The molecule has 1 atom stereocenters. The van der Waals surface area contributed by atoms with Crippen LogP contribution in [0.2, 0.25) is 0 Å². The topological polar surface area (TPSA) is 40.1 Å². The van der Waals surface area contributed by atoms with E-state index in [2.05, 4.69) is 0 Å². The van der Waals surface area contributed by atoms with Gasteiger partial charge < -0.3 is 4.55 Å². The summed E-state index contributed by atoms with van der Waals surface area (Å²) in [5, 5.41) is 1.97. The van der Waals surface area contributed by atoms with Gasteiger partial charge in [-0.3, -0.25) is 4.79 Å². The molecule has 0 saturated carbocycles. The highest BCUT2D eigenvalue weighted by Crippen LogP contribution is 2.13. The molecule has 0 N–H and O–H groups in total. The third kappa shape index (κ3) is 4.45. The van der Waals surface area contributed by atoms with Crippen LogP contribution in [0, 0.1) is 0 Å². The number of Topliss-reactive ketones (excluding diaryl/α,β-unsaturated/α-hetero) is 1. The largest absolute Gasteiger partial charge is 0.616 e. The monoisotopic (exact) mass is 216 g/mol. The number of carbonyl (C=O) groups excluding carboxylic acids is 1. The van der Waals surface area contributed by atoms with Gasteiger partial charge >= 0.3 is 0 Å².